The smallest absolute Gasteiger partial charge is 0.162 e. The van der Waals surface area contributed by atoms with Gasteiger partial charge in [-0.05, 0) is 51.9 Å². The molecule has 1 aliphatic rings. The molecule has 0 aliphatic heterocycles. The van der Waals surface area contributed by atoms with E-state index in [9.17, 15) is 0 Å². The molecule has 20 heavy (non-hydrogen) atoms. The number of halogens is 1. The highest BCUT2D eigenvalue weighted by molar-refractivity contribution is 6.30. The lowest BCUT2D eigenvalue weighted by Gasteiger charge is -2.38. The van der Waals surface area contributed by atoms with Crippen molar-refractivity contribution in [1.82, 2.24) is 9.97 Å². The molecule has 1 fully saturated rings. The van der Waals surface area contributed by atoms with E-state index in [1.54, 1.807) is 0 Å². The van der Waals surface area contributed by atoms with E-state index in [0.29, 0.717) is 11.8 Å². The summed E-state index contributed by atoms with van der Waals surface area (Å²) in [5, 5.41) is 0.590. The molecule has 1 aromatic heterocycles. The second kappa shape index (κ2) is 6.40. The van der Waals surface area contributed by atoms with Crippen LogP contribution in [0.3, 0.4) is 0 Å². The molecule has 0 atom stereocenters. The number of hydrogen-bond donors (Lipinski definition) is 0. The van der Waals surface area contributed by atoms with Crippen molar-refractivity contribution in [2.24, 2.45) is 5.92 Å². The normalized spacial score (nSPS) is 26.8. The summed E-state index contributed by atoms with van der Waals surface area (Å²) in [6.45, 7) is 9.12. The maximum absolute atomic E-state index is 6.34. The average molecular weight is 297 g/mol. The van der Waals surface area contributed by atoms with Gasteiger partial charge < -0.3 is 4.74 Å². The predicted octanol–water partition coefficient (Wildman–Crippen LogP) is 4.44. The van der Waals surface area contributed by atoms with E-state index in [-0.39, 0.29) is 5.60 Å². The lowest BCUT2D eigenvalue weighted by atomic mass is 9.78. The second-order valence-electron chi connectivity index (χ2n) is 5.87. The van der Waals surface area contributed by atoms with Gasteiger partial charge in [0.25, 0.3) is 0 Å². The standard InChI is InChI=1S/C16H25ClN2O/c1-5-13-12(4)18-15(19-14(13)17)16(20-6-2)9-7-11(3)8-10-16/h11H,5-10H2,1-4H3. The summed E-state index contributed by atoms with van der Waals surface area (Å²) in [5.74, 6) is 1.54. The Hall–Kier alpha value is -0.670. The van der Waals surface area contributed by atoms with Gasteiger partial charge in [0.05, 0.1) is 0 Å². The summed E-state index contributed by atoms with van der Waals surface area (Å²) in [4.78, 5) is 9.30. The molecule has 0 aromatic carbocycles. The topological polar surface area (TPSA) is 35.0 Å². The molecule has 1 saturated carbocycles. The first-order valence-corrected chi connectivity index (χ1v) is 8.07. The third kappa shape index (κ3) is 2.99. The Kier molecular flexibility index (Phi) is 5.03. The number of hydrogen-bond acceptors (Lipinski definition) is 3. The highest BCUT2D eigenvalue weighted by atomic mass is 35.5. The first kappa shape index (κ1) is 15.7. The fraction of sp³-hybridized carbons (Fsp3) is 0.750. The fourth-order valence-corrected chi connectivity index (χ4v) is 3.45. The molecular formula is C16H25ClN2O. The van der Waals surface area contributed by atoms with Crippen LogP contribution in [-0.2, 0) is 16.8 Å². The van der Waals surface area contributed by atoms with Crippen molar-refractivity contribution in [3.8, 4) is 0 Å². The minimum absolute atomic E-state index is 0.331. The Morgan fingerprint density at radius 3 is 2.40 bits per heavy atom. The quantitative estimate of drug-likeness (QED) is 0.770. The first-order chi connectivity index (χ1) is 9.52. The van der Waals surface area contributed by atoms with Crippen LogP contribution in [0.5, 0.6) is 0 Å². The third-order valence-electron chi connectivity index (χ3n) is 4.43. The second-order valence-corrected chi connectivity index (χ2v) is 6.22. The molecule has 1 aromatic rings. The summed E-state index contributed by atoms with van der Waals surface area (Å²) in [6.07, 6.45) is 5.17. The van der Waals surface area contributed by atoms with Crippen LogP contribution in [0.25, 0.3) is 0 Å². The van der Waals surface area contributed by atoms with Gasteiger partial charge in [-0.15, -0.1) is 0 Å². The van der Waals surface area contributed by atoms with Gasteiger partial charge >= 0.3 is 0 Å². The van der Waals surface area contributed by atoms with Crippen molar-refractivity contribution in [2.75, 3.05) is 6.61 Å². The molecule has 112 valence electrons. The zero-order valence-electron chi connectivity index (χ0n) is 13.0. The molecule has 4 heteroatoms. The summed E-state index contributed by atoms with van der Waals surface area (Å²) in [7, 11) is 0. The summed E-state index contributed by atoms with van der Waals surface area (Å²) >= 11 is 6.34. The van der Waals surface area contributed by atoms with Gasteiger partial charge in [0.15, 0.2) is 5.82 Å². The molecule has 0 radical (unpaired) electrons. The fourth-order valence-electron chi connectivity index (χ4n) is 3.10. The van der Waals surface area contributed by atoms with Gasteiger partial charge in [0, 0.05) is 17.9 Å². The molecule has 0 saturated heterocycles. The van der Waals surface area contributed by atoms with Gasteiger partial charge in [0.1, 0.15) is 10.8 Å². The molecule has 2 rings (SSSR count). The van der Waals surface area contributed by atoms with E-state index in [4.69, 9.17) is 21.3 Å². The zero-order valence-corrected chi connectivity index (χ0v) is 13.8. The van der Waals surface area contributed by atoms with Crippen LogP contribution in [0.4, 0.5) is 0 Å². The maximum atomic E-state index is 6.34. The Morgan fingerprint density at radius 2 is 1.90 bits per heavy atom. The lowest BCUT2D eigenvalue weighted by molar-refractivity contribution is -0.0838. The number of rotatable bonds is 4. The number of aryl methyl sites for hydroxylation is 1. The van der Waals surface area contributed by atoms with Crippen LogP contribution >= 0.6 is 11.6 Å². The average Bonchev–Trinajstić information content (AvgIpc) is 2.41. The molecular weight excluding hydrogens is 272 g/mol. The largest absolute Gasteiger partial charge is 0.367 e. The van der Waals surface area contributed by atoms with Crippen LogP contribution < -0.4 is 0 Å². The Morgan fingerprint density at radius 1 is 1.25 bits per heavy atom. The van der Waals surface area contributed by atoms with E-state index in [1.165, 1.54) is 0 Å². The summed E-state index contributed by atoms with van der Waals surface area (Å²) in [5.41, 5.74) is 1.70. The van der Waals surface area contributed by atoms with E-state index in [0.717, 1.165) is 55.1 Å². The number of ether oxygens (including phenoxy) is 1. The highest BCUT2D eigenvalue weighted by Crippen LogP contribution is 2.41. The molecule has 0 bridgehead atoms. The van der Waals surface area contributed by atoms with Crippen LogP contribution in [0, 0.1) is 12.8 Å². The lowest BCUT2D eigenvalue weighted by Crippen LogP contribution is -2.36. The molecule has 1 heterocycles. The number of nitrogens with zero attached hydrogens (tertiary/aromatic N) is 2. The van der Waals surface area contributed by atoms with E-state index in [2.05, 4.69) is 18.8 Å². The SMILES string of the molecule is CCOC1(c2nc(C)c(CC)c(Cl)n2)CCC(C)CC1. The summed E-state index contributed by atoms with van der Waals surface area (Å²) in [6, 6.07) is 0. The van der Waals surface area contributed by atoms with Crippen molar-refractivity contribution in [3.63, 3.8) is 0 Å². The van der Waals surface area contributed by atoms with Crippen molar-refractivity contribution < 1.29 is 4.74 Å². The molecule has 3 nitrogen and oxygen atoms in total. The monoisotopic (exact) mass is 296 g/mol. The molecule has 0 spiro atoms. The van der Waals surface area contributed by atoms with Gasteiger partial charge in [-0.1, -0.05) is 25.4 Å². The van der Waals surface area contributed by atoms with Gasteiger partial charge in [0.2, 0.25) is 0 Å². The van der Waals surface area contributed by atoms with Gasteiger partial charge in [-0.2, -0.15) is 0 Å². The van der Waals surface area contributed by atoms with Crippen LogP contribution in [-0.4, -0.2) is 16.6 Å². The third-order valence-corrected chi connectivity index (χ3v) is 4.74. The van der Waals surface area contributed by atoms with Crippen molar-refractivity contribution in [1.29, 1.82) is 0 Å². The van der Waals surface area contributed by atoms with Crippen LogP contribution in [0.1, 0.15) is 63.5 Å². The molecule has 1 aliphatic carbocycles. The number of aromatic nitrogens is 2. The van der Waals surface area contributed by atoms with Crippen molar-refractivity contribution in [2.45, 2.75) is 65.4 Å². The first-order valence-electron chi connectivity index (χ1n) is 7.69. The van der Waals surface area contributed by atoms with E-state index in [1.807, 2.05) is 13.8 Å². The van der Waals surface area contributed by atoms with Crippen molar-refractivity contribution in [3.05, 3.63) is 22.2 Å². The Bertz CT molecular complexity index is 445. The maximum Gasteiger partial charge on any atom is 0.162 e. The molecule has 0 N–H and O–H groups in total. The minimum atomic E-state index is -0.331. The highest BCUT2D eigenvalue weighted by Gasteiger charge is 2.39. The predicted molar refractivity (Wildman–Crippen MR) is 82.1 cm³/mol. The Balaban J connectivity index is 2.39. The van der Waals surface area contributed by atoms with E-state index >= 15 is 0 Å². The van der Waals surface area contributed by atoms with Crippen molar-refractivity contribution >= 4 is 11.6 Å². The van der Waals surface area contributed by atoms with Crippen LogP contribution in [0.2, 0.25) is 5.15 Å². The molecule has 0 unspecified atom stereocenters. The minimum Gasteiger partial charge on any atom is -0.367 e. The summed E-state index contributed by atoms with van der Waals surface area (Å²) < 4.78 is 6.10. The van der Waals surface area contributed by atoms with Gasteiger partial charge in [-0.3, -0.25) is 0 Å². The van der Waals surface area contributed by atoms with Gasteiger partial charge in [-0.25, -0.2) is 9.97 Å². The van der Waals surface area contributed by atoms with E-state index < -0.39 is 0 Å². The van der Waals surface area contributed by atoms with Crippen LogP contribution in [0.15, 0.2) is 0 Å². The Labute approximate surface area is 127 Å². The zero-order chi connectivity index (χ0) is 14.8. The molecule has 0 amide bonds.